The molecule has 5 rings (SSSR count). The Morgan fingerprint density at radius 3 is 2.48 bits per heavy atom. The Hall–Kier alpha value is -2.67. The lowest BCUT2D eigenvalue weighted by Gasteiger charge is -2.14. The zero-order valence-corrected chi connectivity index (χ0v) is 14.5. The first-order valence-corrected chi connectivity index (χ1v) is 9.27. The third-order valence-electron chi connectivity index (χ3n) is 5.58. The molecular weight excluding hydrogens is 302 g/mol. The van der Waals surface area contributed by atoms with Crippen LogP contribution in [0.15, 0.2) is 60.7 Å². The molecule has 0 radical (unpaired) electrons. The van der Waals surface area contributed by atoms with Crippen molar-refractivity contribution in [2.24, 2.45) is 0 Å². The molecule has 0 aliphatic heterocycles. The van der Waals surface area contributed by atoms with E-state index in [1.165, 1.54) is 56.9 Å². The van der Waals surface area contributed by atoms with E-state index in [4.69, 9.17) is 4.98 Å². The van der Waals surface area contributed by atoms with Crippen LogP contribution in [0.5, 0.6) is 0 Å². The molecule has 3 aromatic carbocycles. The first-order chi connectivity index (χ1) is 12.3. The highest BCUT2D eigenvalue weighted by Crippen LogP contribution is 2.38. The molecular formula is C24H21N. The standard InChI is InChI=1S/C24H21N/c1-2-16-10-12-18(13-11-16)24-21-9-5-8-20(21)23-19-7-4-3-6-17(19)14-15-22(23)25-24/h3-4,6-7,10-15H,2,5,8-9H2,1H3. The monoisotopic (exact) mass is 323 g/mol. The number of fused-ring (bicyclic) bond motifs is 5. The summed E-state index contributed by atoms with van der Waals surface area (Å²) >= 11 is 0. The van der Waals surface area contributed by atoms with Crippen molar-refractivity contribution in [2.75, 3.05) is 0 Å². The maximum Gasteiger partial charge on any atom is 0.0744 e. The number of hydrogen-bond donors (Lipinski definition) is 0. The van der Waals surface area contributed by atoms with Crippen LogP contribution in [0.3, 0.4) is 0 Å². The first kappa shape index (κ1) is 14.7. The van der Waals surface area contributed by atoms with Crippen molar-refractivity contribution in [1.82, 2.24) is 4.98 Å². The molecule has 0 fully saturated rings. The lowest BCUT2D eigenvalue weighted by molar-refractivity contribution is 0.913. The van der Waals surface area contributed by atoms with Gasteiger partial charge in [-0.3, -0.25) is 0 Å². The van der Waals surface area contributed by atoms with Crippen molar-refractivity contribution in [2.45, 2.75) is 32.6 Å². The highest BCUT2D eigenvalue weighted by molar-refractivity contribution is 6.09. The van der Waals surface area contributed by atoms with Gasteiger partial charge in [-0.25, -0.2) is 4.98 Å². The van der Waals surface area contributed by atoms with Gasteiger partial charge in [0.25, 0.3) is 0 Å². The van der Waals surface area contributed by atoms with Crippen LogP contribution in [0.1, 0.15) is 30.0 Å². The third-order valence-corrected chi connectivity index (χ3v) is 5.58. The van der Waals surface area contributed by atoms with Gasteiger partial charge in [0, 0.05) is 10.9 Å². The molecule has 0 amide bonds. The van der Waals surface area contributed by atoms with E-state index in [0.29, 0.717) is 0 Å². The van der Waals surface area contributed by atoms with Gasteiger partial charge >= 0.3 is 0 Å². The predicted molar refractivity (Wildman–Crippen MR) is 106 cm³/mol. The van der Waals surface area contributed by atoms with Crippen molar-refractivity contribution >= 4 is 21.7 Å². The lowest BCUT2D eigenvalue weighted by Crippen LogP contribution is -1.96. The Bertz CT molecular complexity index is 1090. The molecule has 0 bridgehead atoms. The second-order valence-corrected chi connectivity index (χ2v) is 7.00. The number of nitrogens with zero attached hydrogens (tertiary/aromatic N) is 1. The minimum Gasteiger partial charge on any atom is -0.247 e. The Morgan fingerprint density at radius 1 is 0.840 bits per heavy atom. The number of aromatic nitrogens is 1. The van der Waals surface area contributed by atoms with Crippen molar-refractivity contribution in [1.29, 1.82) is 0 Å². The third kappa shape index (κ3) is 2.26. The van der Waals surface area contributed by atoms with Crippen molar-refractivity contribution in [3.63, 3.8) is 0 Å². The van der Waals surface area contributed by atoms with E-state index in [-0.39, 0.29) is 0 Å². The lowest BCUT2D eigenvalue weighted by atomic mass is 9.95. The van der Waals surface area contributed by atoms with Crippen molar-refractivity contribution < 1.29 is 0 Å². The van der Waals surface area contributed by atoms with Gasteiger partial charge in [0.1, 0.15) is 0 Å². The fraction of sp³-hybridized carbons (Fsp3) is 0.208. The number of rotatable bonds is 2. The molecule has 4 aromatic rings. The van der Waals surface area contributed by atoms with Gasteiger partial charge in [-0.2, -0.15) is 0 Å². The molecule has 1 nitrogen and oxygen atoms in total. The fourth-order valence-electron chi connectivity index (χ4n) is 4.28. The van der Waals surface area contributed by atoms with Gasteiger partial charge in [0.2, 0.25) is 0 Å². The summed E-state index contributed by atoms with van der Waals surface area (Å²) in [5, 5.41) is 4.03. The van der Waals surface area contributed by atoms with Gasteiger partial charge < -0.3 is 0 Å². The first-order valence-electron chi connectivity index (χ1n) is 9.27. The van der Waals surface area contributed by atoms with E-state index in [2.05, 4.69) is 67.6 Å². The molecule has 1 aromatic heterocycles. The molecule has 1 aliphatic carbocycles. The van der Waals surface area contributed by atoms with E-state index in [0.717, 1.165) is 18.4 Å². The van der Waals surface area contributed by atoms with Crippen LogP contribution in [-0.4, -0.2) is 4.98 Å². The maximum atomic E-state index is 5.12. The quantitative estimate of drug-likeness (QED) is 0.406. The molecule has 1 aliphatic rings. The summed E-state index contributed by atoms with van der Waals surface area (Å²) in [6.45, 7) is 2.20. The predicted octanol–water partition coefficient (Wildman–Crippen LogP) is 6.11. The van der Waals surface area contributed by atoms with E-state index < -0.39 is 0 Å². The van der Waals surface area contributed by atoms with Gasteiger partial charge in [0.15, 0.2) is 0 Å². The highest BCUT2D eigenvalue weighted by Gasteiger charge is 2.21. The zero-order valence-electron chi connectivity index (χ0n) is 14.5. The van der Waals surface area contributed by atoms with Crippen molar-refractivity contribution in [3.8, 4) is 11.3 Å². The molecule has 1 heteroatoms. The molecule has 0 saturated heterocycles. The van der Waals surface area contributed by atoms with Crippen LogP contribution in [0, 0.1) is 0 Å². The summed E-state index contributed by atoms with van der Waals surface area (Å²) in [6.07, 6.45) is 4.63. The number of pyridine rings is 1. The van der Waals surface area contributed by atoms with Gasteiger partial charge in [-0.05, 0) is 59.2 Å². The number of aryl methyl sites for hydroxylation is 2. The topological polar surface area (TPSA) is 12.9 Å². The number of hydrogen-bond acceptors (Lipinski definition) is 1. The number of benzene rings is 3. The fourth-order valence-corrected chi connectivity index (χ4v) is 4.28. The zero-order chi connectivity index (χ0) is 16.8. The minimum atomic E-state index is 1.08. The van der Waals surface area contributed by atoms with E-state index >= 15 is 0 Å². The summed E-state index contributed by atoms with van der Waals surface area (Å²) in [5.41, 5.74) is 7.95. The average molecular weight is 323 g/mol. The molecule has 122 valence electrons. The smallest absolute Gasteiger partial charge is 0.0744 e. The van der Waals surface area contributed by atoms with Crippen LogP contribution >= 0.6 is 0 Å². The summed E-state index contributed by atoms with van der Waals surface area (Å²) in [5.74, 6) is 0. The molecule has 1 heterocycles. The summed E-state index contributed by atoms with van der Waals surface area (Å²) in [6, 6.07) is 22.1. The highest BCUT2D eigenvalue weighted by atomic mass is 14.7. The second-order valence-electron chi connectivity index (χ2n) is 7.00. The maximum absolute atomic E-state index is 5.12. The summed E-state index contributed by atoms with van der Waals surface area (Å²) in [7, 11) is 0. The van der Waals surface area contributed by atoms with Crippen LogP contribution < -0.4 is 0 Å². The molecule has 0 spiro atoms. The van der Waals surface area contributed by atoms with Crippen molar-refractivity contribution in [3.05, 3.63) is 77.4 Å². The van der Waals surface area contributed by atoms with Gasteiger partial charge in [-0.15, -0.1) is 0 Å². The van der Waals surface area contributed by atoms with Gasteiger partial charge in [0.05, 0.1) is 11.2 Å². The van der Waals surface area contributed by atoms with E-state index in [1.807, 2.05) is 0 Å². The summed E-state index contributed by atoms with van der Waals surface area (Å²) in [4.78, 5) is 5.12. The molecule has 0 saturated carbocycles. The van der Waals surface area contributed by atoms with Crippen LogP contribution in [0.25, 0.3) is 32.9 Å². The molecule has 0 unspecified atom stereocenters. The largest absolute Gasteiger partial charge is 0.247 e. The van der Waals surface area contributed by atoms with Crippen LogP contribution in [0.2, 0.25) is 0 Å². The minimum absolute atomic E-state index is 1.08. The Balaban J connectivity index is 1.82. The van der Waals surface area contributed by atoms with E-state index in [1.54, 1.807) is 0 Å². The Morgan fingerprint density at radius 2 is 1.64 bits per heavy atom. The Labute approximate surface area is 148 Å². The van der Waals surface area contributed by atoms with Gasteiger partial charge in [-0.1, -0.05) is 61.5 Å². The van der Waals surface area contributed by atoms with Crippen LogP contribution in [-0.2, 0) is 19.3 Å². The Kier molecular flexibility index (Phi) is 3.34. The van der Waals surface area contributed by atoms with Crippen LogP contribution in [0.4, 0.5) is 0 Å². The second kappa shape index (κ2) is 5.70. The van der Waals surface area contributed by atoms with E-state index in [9.17, 15) is 0 Å². The summed E-state index contributed by atoms with van der Waals surface area (Å²) < 4.78 is 0. The molecule has 0 atom stereocenters. The molecule has 25 heavy (non-hydrogen) atoms. The molecule has 0 N–H and O–H groups in total. The normalized spacial score (nSPS) is 13.5. The average Bonchev–Trinajstić information content (AvgIpc) is 3.17. The SMILES string of the molecule is CCc1ccc(-c2nc3ccc4ccccc4c3c3c2CCC3)cc1.